The normalized spacial score (nSPS) is 13.8. The number of hydrogen-bond acceptors (Lipinski definition) is 4. The molecule has 1 atom stereocenters. The molecule has 0 aromatic heterocycles. The molecule has 0 heterocycles. The van der Waals surface area contributed by atoms with Crippen LogP contribution in [0.1, 0.15) is 53.9 Å². The standard InChI is InChI=1S/C13H31NO3Si/c1-6-11-12-14-13(7-2)18(15-8-3,16-9-4)17-10-5/h13-14H,6-12H2,1-5H3. The summed E-state index contributed by atoms with van der Waals surface area (Å²) in [6.45, 7) is 13.3. The maximum atomic E-state index is 5.93. The van der Waals surface area contributed by atoms with E-state index in [0.29, 0.717) is 19.8 Å². The lowest BCUT2D eigenvalue weighted by molar-refractivity contribution is 0.0573. The van der Waals surface area contributed by atoms with Crippen LogP contribution in [0.5, 0.6) is 0 Å². The molecule has 0 amide bonds. The fourth-order valence-electron chi connectivity index (χ4n) is 2.00. The molecule has 0 spiro atoms. The molecule has 5 heteroatoms. The van der Waals surface area contributed by atoms with Crippen LogP contribution in [0.4, 0.5) is 0 Å². The van der Waals surface area contributed by atoms with Crippen molar-refractivity contribution in [3.05, 3.63) is 0 Å². The minimum atomic E-state index is -2.59. The van der Waals surface area contributed by atoms with Crippen LogP contribution in [0.3, 0.4) is 0 Å². The minimum Gasteiger partial charge on any atom is -0.373 e. The first-order chi connectivity index (χ1) is 8.70. The lowest BCUT2D eigenvalue weighted by Gasteiger charge is -2.35. The smallest absolute Gasteiger partial charge is 0.373 e. The van der Waals surface area contributed by atoms with Crippen molar-refractivity contribution in [2.75, 3.05) is 26.4 Å². The summed E-state index contributed by atoms with van der Waals surface area (Å²) in [4.78, 5) is 0. The molecule has 0 fully saturated rings. The van der Waals surface area contributed by atoms with E-state index < -0.39 is 8.80 Å². The van der Waals surface area contributed by atoms with Crippen LogP contribution in [0.15, 0.2) is 0 Å². The second-order valence-corrected chi connectivity index (χ2v) is 6.94. The van der Waals surface area contributed by atoms with Crippen molar-refractivity contribution in [2.24, 2.45) is 0 Å². The summed E-state index contributed by atoms with van der Waals surface area (Å²) in [6.07, 6.45) is 3.33. The van der Waals surface area contributed by atoms with Crippen molar-refractivity contribution < 1.29 is 13.3 Å². The first-order valence-electron chi connectivity index (χ1n) is 7.35. The summed E-state index contributed by atoms with van der Waals surface area (Å²) in [5.41, 5.74) is 0.198. The molecule has 18 heavy (non-hydrogen) atoms. The largest absolute Gasteiger partial charge is 0.518 e. The molecule has 0 aliphatic rings. The highest BCUT2D eigenvalue weighted by atomic mass is 28.4. The highest BCUT2D eigenvalue weighted by Gasteiger charge is 2.48. The van der Waals surface area contributed by atoms with Crippen LogP contribution in [0, 0.1) is 0 Å². The van der Waals surface area contributed by atoms with E-state index in [1.54, 1.807) is 0 Å². The van der Waals surface area contributed by atoms with Gasteiger partial charge in [0, 0.05) is 19.8 Å². The van der Waals surface area contributed by atoms with E-state index in [0.717, 1.165) is 13.0 Å². The highest BCUT2D eigenvalue weighted by Crippen LogP contribution is 2.18. The Kier molecular flexibility index (Phi) is 11.0. The van der Waals surface area contributed by atoms with Crippen LogP contribution in [-0.4, -0.2) is 40.8 Å². The average molecular weight is 277 g/mol. The van der Waals surface area contributed by atoms with Crippen LogP contribution in [-0.2, 0) is 13.3 Å². The van der Waals surface area contributed by atoms with Crippen molar-refractivity contribution in [1.29, 1.82) is 0 Å². The Bertz CT molecular complexity index is 176. The van der Waals surface area contributed by atoms with Gasteiger partial charge in [-0.15, -0.1) is 0 Å². The first-order valence-corrected chi connectivity index (χ1v) is 9.16. The first kappa shape index (κ1) is 18.1. The second-order valence-electron chi connectivity index (χ2n) is 4.17. The Labute approximate surface area is 114 Å². The van der Waals surface area contributed by atoms with Crippen LogP contribution < -0.4 is 5.32 Å². The summed E-state index contributed by atoms with van der Waals surface area (Å²) < 4.78 is 17.8. The number of hydrogen-bond donors (Lipinski definition) is 1. The molecular weight excluding hydrogens is 246 g/mol. The van der Waals surface area contributed by atoms with E-state index in [4.69, 9.17) is 13.3 Å². The lowest BCUT2D eigenvalue weighted by Crippen LogP contribution is -2.62. The zero-order valence-electron chi connectivity index (χ0n) is 12.8. The van der Waals surface area contributed by atoms with Gasteiger partial charge in [0.1, 0.15) is 0 Å². The molecule has 0 aromatic rings. The zero-order valence-corrected chi connectivity index (χ0v) is 13.8. The Morgan fingerprint density at radius 2 is 1.39 bits per heavy atom. The fraction of sp³-hybridized carbons (Fsp3) is 1.00. The van der Waals surface area contributed by atoms with Gasteiger partial charge in [0.15, 0.2) is 0 Å². The Morgan fingerprint density at radius 3 is 1.72 bits per heavy atom. The van der Waals surface area contributed by atoms with E-state index in [-0.39, 0.29) is 5.67 Å². The SMILES string of the molecule is CCCCNC(CC)[Si](OCC)(OCC)OCC. The highest BCUT2D eigenvalue weighted by molar-refractivity contribution is 6.62. The van der Waals surface area contributed by atoms with E-state index >= 15 is 0 Å². The molecule has 110 valence electrons. The molecule has 0 aromatic carbocycles. The summed E-state index contributed by atoms with van der Waals surface area (Å²) in [7, 11) is -2.59. The Balaban J connectivity index is 4.71. The van der Waals surface area contributed by atoms with Gasteiger partial charge in [0.05, 0.1) is 5.67 Å². The minimum absolute atomic E-state index is 0.198. The van der Waals surface area contributed by atoms with E-state index in [9.17, 15) is 0 Å². The van der Waals surface area contributed by atoms with Gasteiger partial charge >= 0.3 is 8.80 Å². The van der Waals surface area contributed by atoms with Crippen molar-refractivity contribution in [1.82, 2.24) is 5.32 Å². The molecule has 1 unspecified atom stereocenters. The molecule has 0 bridgehead atoms. The van der Waals surface area contributed by atoms with E-state index in [2.05, 4.69) is 19.2 Å². The quantitative estimate of drug-likeness (QED) is 0.440. The van der Waals surface area contributed by atoms with Gasteiger partial charge < -0.3 is 18.6 Å². The van der Waals surface area contributed by atoms with Gasteiger partial charge in [0.25, 0.3) is 0 Å². The summed E-state index contributed by atoms with van der Waals surface area (Å²) >= 11 is 0. The van der Waals surface area contributed by atoms with Gasteiger partial charge in [-0.25, -0.2) is 0 Å². The van der Waals surface area contributed by atoms with Crippen molar-refractivity contribution in [2.45, 2.75) is 59.5 Å². The molecule has 0 rings (SSSR count). The van der Waals surface area contributed by atoms with Gasteiger partial charge in [0.2, 0.25) is 0 Å². The van der Waals surface area contributed by atoms with Crippen LogP contribution in [0.2, 0.25) is 0 Å². The molecule has 0 saturated heterocycles. The summed E-state index contributed by atoms with van der Waals surface area (Å²) in [5, 5.41) is 3.55. The van der Waals surface area contributed by atoms with Crippen molar-refractivity contribution in [3.8, 4) is 0 Å². The third-order valence-electron chi connectivity index (χ3n) is 2.79. The Hall–Kier alpha value is 0.0569. The predicted molar refractivity (Wildman–Crippen MR) is 77.6 cm³/mol. The topological polar surface area (TPSA) is 39.7 Å². The number of unbranched alkanes of at least 4 members (excludes halogenated alkanes) is 1. The van der Waals surface area contributed by atoms with E-state index in [1.165, 1.54) is 12.8 Å². The third-order valence-corrected chi connectivity index (χ3v) is 6.33. The monoisotopic (exact) mass is 277 g/mol. The van der Waals surface area contributed by atoms with E-state index in [1.807, 2.05) is 20.8 Å². The van der Waals surface area contributed by atoms with Crippen LogP contribution >= 0.6 is 0 Å². The maximum absolute atomic E-state index is 5.93. The third kappa shape index (κ3) is 5.80. The predicted octanol–water partition coefficient (Wildman–Crippen LogP) is 2.74. The molecule has 1 N–H and O–H groups in total. The van der Waals surface area contributed by atoms with Crippen LogP contribution in [0.25, 0.3) is 0 Å². The fourth-order valence-corrected chi connectivity index (χ4v) is 4.96. The molecule has 0 aliphatic heterocycles. The lowest BCUT2D eigenvalue weighted by atomic mass is 10.3. The van der Waals surface area contributed by atoms with Crippen molar-refractivity contribution >= 4 is 8.80 Å². The molecular formula is C13H31NO3Si. The van der Waals surface area contributed by atoms with Gasteiger partial charge in [-0.2, -0.15) is 0 Å². The van der Waals surface area contributed by atoms with Crippen molar-refractivity contribution in [3.63, 3.8) is 0 Å². The second kappa shape index (κ2) is 10.9. The molecule has 4 nitrogen and oxygen atoms in total. The average Bonchev–Trinajstić information content (AvgIpc) is 2.35. The summed E-state index contributed by atoms with van der Waals surface area (Å²) in [5.74, 6) is 0. The van der Waals surface area contributed by atoms with Gasteiger partial charge in [-0.3, -0.25) is 0 Å². The van der Waals surface area contributed by atoms with Gasteiger partial charge in [-0.05, 0) is 40.2 Å². The number of nitrogens with one attached hydrogen (secondary N) is 1. The number of rotatable bonds is 12. The molecule has 0 aliphatic carbocycles. The van der Waals surface area contributed by atoms with Gasteiger partial charge in [-0.1, -0.05) is 20.3 Å². The zero-order chi connectivity index (χ0) is 13.9. The Morgan fingerprint density at radius 1 is 0.889 bits per heavy atom. The maximum Gasteiger partial charge on any atom is 0.518 e. The molecule has 0 saturated carbocycles. The summed E-state index contributed by atoms with van der Waals surface area (Å²) in [6, 6.07) is 0. The molecule has 0 radical (unpaired) electrons.